The van der Waals surface area contributed by atoms with Crippen molar-refractivity contribution in [2.45, 2.75) is 178 Å². The summed E-state index contributed by atoms with van der Waals surface area (Å²) in [6, 6.07) is 0.0253. The summed E-state index contributed by atoms with van der Waals surface area (Å²) in [6.07, 6.45) is 16.6. The number of carbonyl (C=O) groups excluding carboxylic acids is 4. The van der Waals surface area contributed by atoms with Gasteiger partial charge in [0.1, 0.15) is 6.10 Å². The Kier molecular flexibility index (Phi) is 13.1. The van der Waals surface area contributed by atoms with Gasteiger partial charge >= 0.3 is 35.5 Å². The molecule has 7 fully saturated rings. The molecule has 8 nitrogen and oxygen atoms in total. The van der Waals surface area contributed by atoms with Crippen LogP contribution in [0.1, 0.15) is 166 Å². The van der Waals surface area contributed by atoms with E-state index >= 15 is 4.79 Å². The van der Waals surface area contributed by atoms with Crippen molar-refractivity contribution < 1.29 is 58.9 Å². The van der Waals surface area contributed by atoms with Crippen molar-refractivity contribution in [3.05, 3.63) is 12.2 Å². The summed E-state index contributed by atoms with van der Waals surface area (Å²) in [5.74, 6) is 2.49. The molecule has 316 valence electrons. The minimum Gasteiger partial charge on any atom is -0.870 e. The number of fused-ring (bicyclic) bond motifs is 7. The number of allylic oxidation sites excluding steroid dienone is 1. The molecule has 1 aliphatic heterocycles. The Morgan fingerprint density at radius 1 is 0.825 bits per heavy atom. The summed E-state index contributed by atoms with van der Waals surface area (Å²) in [4.78, 5) is 55.3. The molecule has 1 saturated heterocycles. The first-order valence-corrected chi connectivity index (χ1v) is 22.4. The number of hydrogen-bond acceptors (Lipinski definition) is 6. The van der Waals surface area contributed by atoms with Crippen LogP contribution in [0, 0.1) is 73.4 Å². The summed E-state index contributed by atoms with van der Waals surface area (Å²) in [5.41, 5.74) is -0.125. The van der Waals surface area contributed by atoms with Crippen LogP contribution in [-0.2, 0) is 23.9 Å². The van der Waals surface area contributed by atoms with E-state index in [0.717, 1.165) is 83.7 Å². The monoisotopic (exact) mass is 800 g/mol. The molecule has 0 radical (unpaired) electrons. The Hall–Kier alpha value is -1.22. The third-order valence-corrected chi connectivity index (χ3v) is 19.1. The molecule has 2 N–H and O–H groups in total. The summed E-state index contributed by atoms with van der Waals surface area (Å²) in [5, 5.41) is 3.66. The molecule has 7 aliphatic rings. The molecule has 0 aromatic rings. The second-order valence-electron chi connectivity index (χ2n) is 22.9. The van der Waals surface area contributed by atoms with Crippen LogP contribution < -0.4 is 34.9 Å². The molecule has 0 aromatic heterocycles. The minimum absolute atomic E-state index is 0. The first kappa shape index (κ1) is 46.8. The van der Waals surface area contributed by atoms with E-state index < -0.39 is 10.8 Å². The van der Waals surface area contributed by atoms with Gasteiger partial charge in [0.2, 0.25) is 11.8 Å². The molecule has 0 spiro atoms. The van der Waals surface area contributed by atoms with Crippen molar-refractivity contribution in [2.75, 3.05) is 13.1 Å². The van der Waals surface area contributed by atoms with Crippen molar-refractivity contribution in [3.63, 3.8) is 0 Å². The van der Waals surface area contributed by atoms with Crippen molar-refractivity contribution in [1.29, 1.82) is 0 Å². The fraction of sp³-hybridized carbons (Fsp3) is 0.875. The first-order valence-electron chi connectivity index (χ1n) is 22.4. The minimum atomic E-state index is -0.836. The smallest absolute Gasteiger partial charge is 0.870 e. The normalized spacial score (nSPS) is 42.8. The van der Waals surface area contributed by atoms with Gasteiger partial charge in [-0.05, 0) is 148 Å². The van der Waals surface area contributed by atoms with Crippen LogP contribution in [0.5, 0.6) is 0 Å². The Labute approximate surface area is 367 Å². The topological polar surface area (TPSA) is 123 Å². The second-order valence-corrected chi connectivity index (χ2v) is 22.9. The molecule has 6 saturated carbocycles. The summed E-state index contributed by atoms with van der Waals surface area (Å²) in [7, 11) is 0. The maximum atomic E-state index is 15.1. The number of esters is 1. The van der Waals surface area contributed by atoms with Gasteiger partial charge in [-0.3, -0.25) is 20.7 Å². The number of carbonyl (C=O) groups is 3. The number of nitrogens with one attached hydrogen (secondary N) is 1. The fourth-order valence-corrected chi connectivity index (χ4v) is 15.5. The Bertz CT molecular complexity index is 1590. The van der Waals surface area contributed by atoms with Crippen molar-refractivity contribution in [2.24, 2.45) is 73.4 Å². The van der Waals surface area contributed by atoms with Crippen LogP contribution in [0.15, 0.2) is 12.2 Å². The summed E-state index contributed by atoms with van der Waals surface area (Å²) in [6.45, 7) is 28.9. The van der Waals surface area contributed by atoms with Crippen LogP contribution in [0.4, 0.5) is 0 Å². The van der Waals surface area contributed by atoms with Gasteiger partial charge in [-0.2, -0.15) is 0 Å². The zero-order chi connectivity index (χ0) is 40.1. The number of piperidine rings is 1. The van der Waals surface area contributed by atoms with Crippen molar-refractivity contribution in [3.8, 4) is 0 Å². The molecule has 2 amide bonds. The van der Waals surface area contributed by atoms with E-state index in [2.05, 4.69) is 72.2 Å². The van der Waals surface area contributed by atoms with E-state index in [9.17, 15) is 14.4 Å². The van der Waals surface area contributed by atoms with Gasteiger partial charge in [0.15, 0.2) is 0 Å². The molecule has 7 rings (SSSR count). The van der Waals surface area contributed by atoms with Gasteiger partial charge in [-0.1, -0.05) is 74.5 Å². The van der Waals surface area contributed by atoms with E-state index in [1.165, 1.54) is 24.8 Å². The van der Waals surface area contributed by atoms with E-state index in [1.54, 1.807) is 13.8 Å². The summed E-state index contributed by atoms with van der Waals surface area (Å²) < 4.78 is 6.23. The van der Waals surface area contributed by atoms with Crippen LogP contribution in [-0.4, -0.2) is 59.7 Å². The second kappa shape index (κ2) is 15.9. The number of rotatable bonds is 8. The number of hydrogen-bond donors (Lipinski definition) is 1. The van der Waals surface area contributed by atoms with Gasteiger partial charge in [0.05, 0.1) is 5.41 Å². The number of nitrogens with zero attached hydrogens (tertiary/aromatic N) is 1. The standard InChI is InChI=1S/C48H75N2O5.Na.H2O/c1-30(2)31-17-22-48(41(54)49-36-27-34(43(36,5)6)40(53)50-25-13-12-14-26-50)24-23-46(10)33-15-16-35-44(7,8)37(55-38(52)28-42(3,4)29-51)19-20-45(35,9)32(33)18-21-47(46,11)39(31)48;;/h31-37,39H,1,12-28H2,2-11H3,(H,49,54);;1H2/q-1;+1;/p-1/t31-,32-,33?,34+,35-,36?,37-,39?,45+,46-,47+,48-;;/m0../s1. The van der Waals surface area contributed by atoms with E-state index in [-0.39, 0.29) is 104 Å². The third-order valence-electron chi connectivity index (χ3n) is 19.1. The SMILES string of the molecule is C=C(C)[C@@H]1CC[C@]2(C(=O)NC3C[C@H](C(=O)N4CCCCC4)C3(C)C)CC[C@@]3(C)C4CC[C@H]5C(C)(C)[C@@H](OC(=O)CC(C)(C)[C-]=O)CC[C@]5(C)[C@H]4CC[C@]3(C)C12.[Na+].[OH-]. The predicted octanol–water partition coefficient (Wildman–Crippen LogP) is 6.45. The molecule has 0 aromatic carbocycles. The molecule has 12 atom stereocenters. The molecule has 57 heavy (non-hydrogen) atoms. The molecule has 3 unspecified atom stereocenters. The van der Waals surface area contributed by atoms with Gasteiger partial charge in [0, 0.05) is 36.9 Å². The zero-order valence-electron chi connectivity index (χ0n) is 37.8. The maximum absolute atomic E-state index is 15.1. The third kappa shape index (κ3) is 7.18. The average molecular weight is 800 g/mol. The Morgan fingerprint density at radius 3 is 2.11 bits per heavy atom. The maximum Gasteiger partial charge on any atom is 1.00 e. The Balaban J connectivity index is 0.00000310. The zero-order valence-corrected chi connectivity index (χ0v) is 39.8. The van der Waals surface area contributed by atoms with Crippen LogP contribution in [0.3, 0.4) is 0 Å². The van der Waals surface area contributed by atoms with E-state index in [0.29, 0.717) is 29.6 Å². The fourth-order valence-electron chi connectivity index (χ4n) is 15.5. The van der Waals surface area contributed by atoms with Crippen LogP contribution in [0.2, 0.25) is 0 Å². The molecular formula is C48H76N2NaO6-. The van der Waals surface area contributed by atoms with E-state index in [1.807, 2.05) is 6.29 Å². The van der Waals surface area contributed by atoms with E-state index in [4.69, 9.17) is 4.74 Å². The van der Waals surface area contributed by atoms with Gasteiger partial charge in [-0.25, -0.2) is 0 Å². The Morgan fingerprint density at radius 2 is 1.49 bits per heavy atom. The van der Waals surface area contributed by atoms with Crippen LogP contribution >= 0.6 is 0 Å². The summed E-state index contributed by atoms with van der Waals surface area (Å²) >= 11 is 0. The number of likely N-dealkylation sites (tertiary alicyclic amines) is 1. The van der Waals surface area contributed by atoms with Gasteiger partial charge in [-0.15, -0.1) is 5.41 Å². The molecule has 1 heterocycles. The molecular weight excluding hydrogens is 724 g/mol. The quantitative estimate of drug-likeness (QED) is 0.130. The van der Waals surface area contributed by atoms with Crippen molar-refractivity contribution >= 4 is 24.1 Å². The molecule has 6 aliphatic carbocycles. The number of ether oxygens (including phenoxy) is 1. The van der Waals surface area contributed by atoms with Crippen LogP contribution in [0.25, 0.3) is 0 Å². The molecule has 0 bridgehead atoms. The predicted molar refractivity (Wildman–Crippen MR) is 219 cm³/mol. The first-order chi connectivity index (χ1) is 25.6. The average Bonchev–Trinajstić information content (AvgIpc) is 3.54. The van der Waals surface area contributed by atoms with Gasteiger partial charge in [0.25, 0.3) is 0 Å². The van der Waals surface area contributed by atoms with Crippen molar-refractivity contribution in [1.82, 2.24) is 10.2 Å². The molecule has 9 heteroatoms. The largest absolute Gasteiger partial charge is 1.00 e. The van der Waals surface area contributed by atoms with Gasteiger partial charge < -0.3 is 25.2 Å². The number of amides is 2.